The highest BCUT2D eigenvalue weighted by molar-refractivity contribution is 5.76. The quantitative estimate of drug-likeness (QED) is 0.323. The summed E-state index contributed by atoms with van der Waals surface area (Å²) < 4.78 is 0. The maximum atomic E-state index is 13.2. The Bertz CT molecular complexity index is 1050. The number of fused-ring (bicyclic) bond motifs is 5. The third-order valence-corrected chi connectivity index (χ3v) is 13.8. The first kappa shape index (κ1) is 29.3. The molecule has 226 valence electrons. The summed E-state index contributed by atoms with van der Waals surface area (Å²) in [7, 11) is 0. The van der Waals surface area contributed by atoms with Crippen molar-refractivity contribution >= 4 is 11.6 Å². The van der Waals surface area contributed by atoms with E-state index in [0.717, 1.165) is 61.8 Å². The molecule has 6 rings (SSSR count). The van der Waals surface area contributed by atoms with E-state index in [0.29, 0.717) is 29.2 Å². The molecule has 5 aliphatic rings. The number of benzene rings is 1. The highest BCUT2D eigenvalue weighted by Crippen LogP contribution is 2.68. The molecule has 41 heavy (non-hydrogen) atoms. The highest BCUT2D eigenvalue weighted by Gasteiger charge is 2.60. The molecule has 0 radical (unpaired) electrons. The van der Waals surface area contributed by atoms with Gasteiger partial charge in [-0.05, 0) is 136 Å². The number of piperidine rings is 1. The number of carbonyl (C=O) groups excluding carboxylic acids is 1. The average Bonchev–Trinajstić information content (AvgIpc) is 3.34. The molecular formula is C38H58N2O. The second-order valence-electron chi connectivity index (χ2n) is 15.6. The second-order valence-corrected chi connectivity index (χ2v) is 15.6. The van der Waals surface area contributed by atoms with E-state index in [2.05, 4.69) is 67.9 Å². The molecule has 3 nitrogen and oxygen atoms in total. The molecule has 0 bridgehead atoms. The predicted octanol–water partition coefficient (Wildman–Crippen LogP) is 9.18. The lowest BCUT2D eigenvalue weighted by atomic mass is 9.44. The van der Waals surface area contributed by atoms with E-state index >= 15 is 0 Å². The van der Waals surface area contributed by atoms with Gasteiger partial charge in [-0.3, -0.25) is 4.79 Å². The van der Waals surface area contributed by atoms with Gasteiger partial charge >= 0.3 is 0 Å². The first-order valence-electron chi connectivity index (χ1n) is 17.6. The van der Waals surface area contributed by atoms with Gasteiger partial charge in [0, 0.05) is 30.7 Å². The summed E-state index contributed by atoms with van der Waals surface area (Å²) >= 11 is 0. The largest absolute Gasteiger partial charge is 0.368 e. The third-order valence-electron chi connectivity index (χ3n) is 13.8. The van der Waals surface area contributed by atoms with Gasteiger partial charge in [-0.2, -0.15) is 0 Å². The predicted molar refractivity (Wildman–Crippen MR) is 172 cm³/mol. The van der Waals surface area contributed by atoms with E-state index < -0.39 is 0 Å². The van der Waals surface area contributed by atoms with Crippen LogP contribution in [0.15, 0.2) is 43.0 Å². The molecule has 3 unspecified atom stereocenters. The van der Waals surface area contributed by atoms with Crippen molar-refractivity contribution in [2.24, 2.45) is 46.3 Å². The Kier molecular flexibility index (Phi) is 8.64. The topological polar surface area (TPSA) is 32.3 Å². The fourth-order valence-corrected chi connectivity index (χ4v) is 11.7. The number of anilines is 1. The Morgan fingerprint density at radius 2 is 1.80 bits per heavy atom. The second kappa shape index (κ2) is 12.1. The van der Waals surface area contributed by atoms with Gasteiger partial charge in [0.1, 0.15) is 0 Å². The molecule has 1 amide bonds. The summed E-state index contributed by atoms with van der Waals surface area (Å²) in [5.74, 6) is 5.61. The van der Waals surface area contributed by atoms with Crippen LogP contribution in [0.1, 0.15) is 117 Å². The molecule has 10 atom stereocenters. The number of hydrogen-bond donors (Lipinski definition) is 1. The smallest absolute Gasteiger partial charge is 0.220 e. The highest BCUT2D eigenvalue weighted by atomic mass is 16.1. The number of hydrogen-bond acceptors (Lipinski definition) is 2. The van der Waals surface area contributed by atoms with Crippen molar-refractivity contribution in [2.45, 2.75) is 129 Å². The molecule has 1 aliphatic heterocycles. The van der Waals surface area contributed by atoms with E-state index in [1.807, 2.05) is 6.08 Å². The van der Waals surface area contributed by atoms with E-state index in [-0.39, 0.29) is 11.9 Å². The lowest BCUT2D eigenvalue weighted by molar-refractivity contribution is -0.123. The maximum Gasteiger partial charge on any atom is 0.220 e. The molecule has 0 aromatic heterocycles. The fraction of sp³-hybridized carbons (Fsp3) is 0.763. The summed E-state index contributed by atoms with van der Waals surface area (Å²) in [6, 6.07) is 11.4. The van der Waals surface area contributed by atoms with Gasteiger partial charge in [0.05, 0.1) is 0 Å². The van der Waals surface area contributed by atoms with Gasteiger partial charge in [0.15, 0.2) is 0 Å². The molecule has 3 heteroatoms. The lowest BCUT2D eigenvalue weighted by Gasteiger charge is -2.61. The van der Waals surface area contributed by atoms with Crippen LogP contribution in [0.4, 0.5) is 5.69 Å². The summed E-state index contributed by atoms with van der Waals surface area (Å²) in [6.45, 7) is 12.9. The summed E-state index contributed by atoms with van der Waals surface area (Å²) in [4.78, 5) is 15.7. The van der Waals surface area contributed by atoms with Gasteiger partial charge in [-0.25, -0.2) is 0 Å². The van der Waals surface area contributed by atoms with Crippen LogP contribution >= 0.6 is 0 Å². The minimum absolute atomic E-state index is 0.277. The number of para-hydroxylation sites is 1. The standard InChI is InChI=1S/C38H58N2O/c1-5-11-31-26-29(22-25-40(31)30-13-7-6-8-14-30)39-36(41)20-15-27(2)33-18-19-34-32-17-16-28-12-9-10-23-37(28,3)35(32)21-24-38(33,34)4/h5-8,13-14,27-29,31-35H,1,9-12,15-26H2,2-4H3,(H,39,41)/t27-,28?,29?,31?,32+,33-,34+,35+,37+,38-/m1/s1. The number of nitrogens with one attached hydrogen (secondary N) is 1. The maximum absolute atomic E-state index is 13.2. The Morgan fingerprint density at radius 1 is 1.00 bits per heavy atom. The summed E-state index contributed by atoms with van der Waals surface area (Å²) in [6.07, 6.45) is 21.5. The van der Waals surface area contributed by atoms with Crippen LogP contribution in [0.5, 0.6) is 0 Å². The van der Waals surface area contributed by atoms with Crippen molar-refractivity contribution < 1.29 is 4.79 Å². The fourth-order valence-electron chi connectivity index (χ4n) is 11.7. The number of amides is 1. The number of carbonyl (C=O) groups is 1. The van der Waals surface area contributed by atoms with E-state index in [1.165, 1.54) is 69.9 Å². The van der Waals surface area contributed by atoms with E-state index in [4.69, 9.17) is 0 Å². The van der Waals surface area contributed by atoms with Gasteiger partial charge < -0.3 is 10.2 Å². The lowest BCUT2D eigenvalue weighted by Crippen LogP contribution is -2.53. The molecule has 1 saturated heterocycles. The Labute approximate surface area is 251 Å². The Hall–Kier alpha value is -1.77. The van der Waals surface area contributed by atoms with Gasteiger partial charge in [0.2, 0.25) is 5.91 Å². The van der Waals surface area contributed by atoms with E-state index in [1.54, 1.807) is 0 Å². The van der Waals surface area contributed by atoms with Crippen LogP contribution in [0, 0.1) is 46.3 Å². The van der Waals surface area contributed by atoms with Gasteiger partial charge in [0.25, 0.3) is 0 Å². The van der Waals surface area contributed by atoms with Gasteiger partial charge in [-0.15, -0.1) is 6.58 Å². The zero-order valence-corrected chi connectivity index (χ0v) is 26.5. The van der Waals surface area contributed by atoms with Crippen molar-refractivity contribution in [3.63, 3.8) is 0 Å². The van der Waals surface area contributed by atoms with E-state index in [9.17, 15) is 4.79 Å². The number of rotatable bonds is 8. The molecule has 1 N–H and O–H groups in total. The molecule has 4 saturated carbocycles. The molecular weight excluding hydrogens is 500 g/mol. The minimum atomic E-state index is 0.277. The zero-order chi connectivity index (χ0) is 28.6. The average molecular weight is 559 g/mol. The van der Waals surface area contributed by atoms with Crippen molar-refractivity contribution in [1.82, 2.24) is 5.32 Å². The normalized spacial score (nSPS) is 41.0. The third kappa shape index (κ3) is 5.53. The first-order valence-corrected chi connectivity index (χ1v) is 17.6. The minimum Gasteiger partial charge on any atom is -0.368 e. The van der Waals surface area contributed by atoms with Crippen molar-refractivity contribution in [2.75, 3.05) is 11.4 Å². The van der Waals surface area contributed by atoms with Crippen molar-refractivity contribution in [3.05, 3.63) is 43.0 Å². The monoisotopic (exact) mass is 558 g/mol. The van der Waals surface area contributed by atoms with Crippen LogP contribution in [-0.4, -0.2) is 24.5 Å². The van der Waals surface area contributed by atoms with Crippen LogP contribution in [0.3, 0.4) is 0 Å². The van der Waals surface area contributed by atoms with Crippen molar-refractivity contribution in [3.8, 4) is 0 Å². The molecule has 1 heterocycles. The van der Waals surface area contributed by atoms with Gasteiger partial charge in [-0.1, -0.05) is 57.9 Å². The Balaban J connectivity index is 1.02. The van der Waals surface area contributed by atoms with Crippen LogP contribution < -0.4 is 10.2 Å². The van der Waals surface area contributed by atoms with Crippen molar-refractivity contribution in [1.29, 1.82) is 0 Å². The molecule has 5 fully saturated rings. The van der Waals surface area contributed by atoms with Crippen LogP contribution in [-0.2, 0) is 4.79 Å². The number of nitrogens with zero attached hydrogens (tertiary/aromatic N) is 1. The molecule has 4 aliphatic carbocycles. The first-order chi connectivity index (χ1) is 19.8. The van der Waals surface area contributed by atoms with Crippen LogP contribution in [0.25, 0.3) is 0 Å². The molecule has 0 spiro atoms. The molecule has 1 aromatic rings. The van der Waals surface area contributed by atoms with Crippen LogP contribution in [0.2, 0.25) is 0 Å². The summed E-state index contributed by atoms with van der Waals surface area (Å²) in [5.41, 5.74) is 2.42. The summed E-state index contributed by atoms with van der Waals surface area (Å²) in [5, 5.41) is 3.46. The molecule has 1 aromatic carbocycles. The Morgan fingerprint density at radius 3 is 2.61 bits per heavy atom. The SMILES string of the molecule is C=CCC1CC(NC(=O)CC[C@@H](C)[C@H]2CC[C@H]3[C@@H]4CCC5CCCC[C@]5(C)[C@H]4CC[C@]23C)CCN1c1ccccc1. The zero-order valence-electron chi connectivity index (χ0n) is 26.5.